The first-order valence-corrected chi connectivity index (χ1v) is 13.7. The van der Waals surface area contributed by atoms with Crippen LogP contribution in [0.25, 0.3) is 11.1 Å². The zero-order valence-electron chi connectivity index (χ0n) is 23.7. The Balaban J connectivity index is 1.30. The lowest BCUT2D eigenvalue weighted by molar-refractivity contribution is -0.156. The van der Waals surface area contributed by atoms with Crippen molar-refractivity contribution in [2.45, 2.75) is 37.8 Å². The van der Waals surface area contributed by atoms with Crippen molar-refractivity contribution >= 4 is 23.9 Å². The van der Waals surface area contributed by atoms with Crippen molar-refractivity contribution in [2.75, 3.05) is 13.2 Å². The fourth-order valence-corrected chi connectivity index (χ4v) is 4.28. The van der Waals surface area contributed by atoms with Gasteiger partial charge in [-0.2, -0.15) is 4.39 Å². The highest BCUT2D eigenvalue weighted by atomic mass is 19.2. The maximum atomic E-state index is 14.7. The number of carboxylic acids is 2. The van der Waals surface area contributed by atoms with Gasteiger partial charge in [-0.3, -0.25) is 0 Å². The van der Waals surface area contributed by atoms with Crippen molar-refractivity contribution in [3.8, 4) is 22.6 Å². The van der Waals surface area contributed by atoms with Crippen molar-refractivity contribution in [2.24, 2.45) is 0 Å². The molecule has 0 spiro atoms. The Bertz CT molecular complexity index is 1530. The summed E-state index contributed by atoms with van der Waals surface area (Å²) in [5.74, 6) is -7.55. The summed E-state index contributed by atoms with van der Waals surface area (Å²) in [6, 6.07) is 14.9. The van der Waals surface area contributed by atoms with Crippen LogP contribution in [-0.2, 0) is 28.6 Å². The lowest BCUT2D eigenvalue weighted by atomic mass is 10.0. The molecule has 0 radical (unpaired) electrons. The topological polar surface area (TPSA) is 155 Å². The highest BCUT2D eigenvalue weighted by Crippen LogP contribution is 2.33. The Morgan fingerprint density at radius 3 is 1.93 bits per heavy atom. The number of carboxylic acid groups (broad SMARTS) is 2. The van der Waals surface area contributed by atoms with E-state index in [0.29, 0.717) is 36.0 Å². The second kappa shape index (κ2) is 15.0. The Kier molecular flexibility index (Phi) is 11.0. The van der Waals surface area contributed by atoms with Gasteiger partial charge in [0, 0.05) is 11.6 Å². The average molecular weight is 627 g/mol. The Morgan fingerprint density at radius 2 is 1.36 bits per heavy atom. The van der Waals surface area contributed by atoms with E-state index in [1.807, 2.05) is 0 Å². The summed E-state index contributed by atoms with van der Waals surface area (Å²) in [6.45, 7) is 3.59. The highest BCUT2D eigenvalue weighted by molar-refractivity contribution is 5.91. The molecule has 1 fully saturated rings. The number of benzene rings is 3. The van der Waals surface area contributed by atoms with Gasteiger partial charge >= 0.3 is 23.9 Å². The van der Waals surface area contributed by atoms with E-state index in [2.05, 4.69) is 6.58 Å². The monoisotopic (exact) mass is 626 g/mol. The van der Waals surface area contributed by atoms with Crippen molar-refractivity contribution in [1.29, 1.82) is 0 Å². The summed E-state index contributed by atoms with van der Waals surface area (Å²) in [4.78, 5) is 46.1. The van der Waals surface area contributed by atoms with Gasteiger partial charge < -0.3 is 33.9 Å². The average Bonchev–Trinajstić information content (AvgIpc) is 3.49. The maximum absolute atomic E-state index is 14.7. The summed E-state index contributed by atoms with van der Waals surface area (Å²) in [6.07, 6.45) is -1.73. The van der Waals surface area contributed by atoms with Crippen LogP contribution in [0.15, 0.2) is 73.3 Å². The molecule has 2 unspecified atom stereocenters. The number of esters is 2. The minimum Gasteiger partial charge on any atom is -0.490 e. The van der Waals surface area contributed by atoms with E-state index in [1.165, 1.54) is 12.1 Å². The number of halogens is 2. The number of carbonyl (C=O) groups excluding carboxylic acids is 2. The third-order valence-corrected chi connectivity index (χ3v) is 6.61. The fourth-order valence-electron chi connectivity index (χ4n) is 4.28. The van der Waals surface area contributed by atoms with Gasteiger partial charge in [0.15, 0.2) is 30.1 Å². The number of unbranched alkanes of at least 4 members (excludes halogenated alkanes) is 2. The van der Waals surface area contributed by atoms with E-state index in [4.69, 9.17) is 23.7 Å². The number of carbonyl (C=O) groups is 4. The van der Waals surface area contributed by atoms with Gasteiger partial charge in [0.05, 0.1) is 18.8 Å². The molecule has 45 heavy (non-hydrogen) atoms. The van der Waals surface area contributed by atoms with Gasteiger partial charge in [0.1, 0.15) is 5.75 Å². The first kappa shape index (κ1) is 32.8. The quantitative estimate of drug-likeness (QED) is 0.107. The molecule has 0 amide bonds. The lowest BCUT2D eigenvalue weighted by Gasteiger charge is -2.12. The number of hydrogen-bond donors (Lipinski definition) is 2. The van der Waals surface area contributed by atoms with Crippen LogP contribution in [0, 0.1) is 11.6 Å². The zero-order valence-corrected chi connectivity index (χ0v) is 23.7. The molecular formula is C32H28F2O11. The van der Waals surface area contributed by atoms with E-state index >= 15 is 0 Å². The van der Waals surface area contributed by atoms with E-state index in [9.17, 15) is 38.2 Å². The van der Waals surface area contributed by atoms with Crippen molar-refractivity contribution < 1.29 is 61.9 Å². The van der Waals surface area contributed by atoms with Crippen molar-refractivity contribution in [3.05, 3.63) is 96.1 Å². The normalized spacial score (nSPS) is 17.3. The minimum atomic E-state index is -1.65. The van der Waals surface area contributed by atoms with Crippen LogP contribution in [0.4, 0.5) is 8.78 Å². The molecule has 11 nitrogen and oxygen atoms in total. The molecule has 1 heterocycles. The molecule has 236 valence electrons. The standard InChI is InChI=1S/C32H28F2O11/c1-2-24(35)42-17-5-3-4-16-41-23-15-14-22(25(33)26(23)34)31(40)43-21-12-10-19(11-13-21)18-6-8-20(9-7-18)32-44-27(29(36)37)28(45-32)30(38)39/h2,6-15,27-28,32H,1,3-5,16-17H2,(H,36,37)(H,38,39). The van der Waals surface area contributed by atoms with E-state index in [0.717, 1.165) is 18.2 Å². The first-order chi connectivity index (χ1) is 21.6. The second-order valence-corrected chi connectivity index (χ2v) is 9.68. The third-order valence-electron chi connectivity index (χ3n) is 6.61. The van der Waals surface area contributed by atoms with Gasteiger partial charge in [-0.1, -0.05) is 43.0 Å². The van der Waals surface area contributed by atoms with Gasteiger partial charge in [-0.15, -0.1) is 0 Å². The van der Waals surface area contributed by atoms with Crippen LogP contribution in [0.2, 0.25) is 0 Å². The van der Waals surface area contributed by atoms with Crippen molar-refractivity contribution in [3.63, 3.8) is 0 Å². The molecule has 2 N–H and O–H groups in total. The molecule has 0 aromatic heterocycles. The predicted octanol–water partition coefficient (Wildman–Crippen LogP) is 5.08. The van der Waals surface area contributed by atoms with Gasteiger partial charge in [0.2, 0.25) is 5.82 Å². The molecule has 0 bridgehead atoms. The fraction of sp³-hybridized carbons (Fsp3) is 0.250. The molecule has 1 saturated heterocycles. The van der Waals surface area contributed by atoms with Crippen LogP contribution in [0.1, 0.15) is 41.5 Å². The molecule has 13 heteroatoms. The highest BCUT2D eigenvalue weighted by Gasteiger charge is 2.46. The van der Waals surface area contributed by atoms with Crippen LogP contribution in [-0.4, -0.2) is 59.5 Å². The second-order valence-electron chi connectivity index (χ2n) is 9.68. The summed E-state index contributed by atoms with van der Waals surface area (Å²) in [5, 5.41) is 18.4. The van der Waals surface area contributed by atoms with Gasteiger partial charge in [-0.25, -0.2) is 23.6 Å². The van der Waals surface area contributed by atoms with Crippen LogP contribution < -0.4 is 9.47 Å². The van der Waals surface area contributed by atoms with Crippen LogP contribution in [0.3, 0.4) is 0 Å². The minimum absolute atomic E-state index is 0.0754. The van der Waals surface area contributed by atoms with E-state index in [1.54, 1.807) is 36.4 Å². The lowest BCUT2D eigenvalue weighted by Crippen LogP contribution is -2.36. The summed E-state index contributed by atoms with van der Waals surface area (Å²) >= 11 is 0. The zero-order chi connectivity index (χ0) is 32.5. The smallest absolute Gasteiger partial charge is 0.346 e. The number of aliphatic carboxylic acids is 2. The molecule has 3 aromatic rings. The van der Waals surface area contributed by atoms with Crippen LogP contribution in [0.5, 0.6) is 11.5 Å². The van der Waals surface area contributed by atoms with E-state index < -0.39 is 59.6 Å². The molecule has 1 aliphatic heterocycles. The molecule has 2 atom stereocenters. The molecule has 1 aliphatic rings. The Hall–Kier alpha value is -5.14. The predicted molar refractivity (Wildman–Crippen MR) is 151 cm³/mol. The van der Waals surface area contributed by atoms with Crippen molar-refractivity contribution in [1.82, 2.24) is 0 Å². The largest absolute Gasteiger partial charge is 0.490 e. The SMILES string of the molecule is C=CC(=O)OCCCCCOc1ccc(C(=O)Oc2ccc(-c3ccc(C4OC(C(=O)O)C(C(=O)O)O4)cc3)cc2)c(F)c1F. The molecule has 3 aromatic carbocycles. The van der Waals surface area contributed by atoms with E-state index in [-0.39, 0.29) is 24.7 Å². The summed E-state index contributed by atoms with van der Waals surface area (Å²) < 4.78 is 55.1. The Labute approximate surface area is 255 Å². The first-order valence-electron chi connectivity index (χ1n) is 13.7. The van der Waals surface area contributed by atoms with Crippen LogP contribution >= 0.6 is 0 Å². The van der Waals surface area contributed by atoms with Gasteiger partial charge in [0.25, 0.3) is 0 Å². The summed E-state index contributed by atoms with van der Waals surface area (Å²) in [5.41, 5.74) is 1.20. The molecule has 0 saturated carbocycles. The molecule has 4 rings (SSSR count). The summed E-state index contributed by atoms with van der Waals surface area (Å²) in [7, 11) is 0. The number of hydrogen-bond acceptors (Lipinski definition) is 9. The maximum Gasteiger partial charge on any atom is 0.346 e. The molecule has 0 aliphatic carbocycles. The number of ether oxygens (including phenoxy) is 5. The third kappa shape index (κ3) is 8.28. The Morgan fingerprint density at radius 1 is 0.778 bits per heavy atom. The number of rotatable bonds is 14. The van der Waals surface area contributed by atoms with Gasteiger partial charge in [-0.05, 0) is 54.7 Å². The molecular weight excluding hydrogens is 598 g/mol.